The zero-order valence-electron chi connectivity index (χ0n) is 13.5. The predicted octanol–water partition coefficient (Wildman–Crippen LogP) is 3.88. The van der Waals surface area contributed by atoms with Crippen LogP contribution >= 0.6 is 11.3 Å². The van der Waals surface area contributed by atoms with E-state index in [0.29, 0.717) is 22.9 Å². The number of amides is 2. The molecule has 0 radical (unpaired) electrons. The first-order valence-electron chi connectivity index (χ1n) is 8.30. The summed E-state index contributed by atoms with van der Waals surface area (Å²) in [6, 6.07) is 0. The molecule has 2 rings (SSSR count). The van der Waals surface area contributed by atoms with Gasteiger partial charge in [0.15, 0.2) is 0 Å². The van der Waals surface area contributed by atoms with E-state index in [4.69, 9.17) is 5.73 Å². The molecular weight excluding hydrogens is 296 g/mol. The van der Waals surface area contributed by atoms with Crippen molar-refractivity contribution in [2.75, 3.05) is 5.32 Å². The van der Waals surface area contributed by atoms with Crippen molar-refractivity contribution in [3.63, 3.8) is 0 Å². The van der Waals surface area contributed by atoms with Gasteiger partial charge in [0, 0.05) is 11.3 Å². The minimum absolute atomic E-state index is 0.0203. The van der Waals surface area contributed by atoms with Crippen LogP contribution in [-0.2, 0) is 17.6 Å². The van der Waals surface area contributed by atoms with Crippen LogP contribution in [0.3, 0.4) is 0 Å². The van der Waals surface area contributed by atoms with Crippen molar-refractivity contribution in [3.05, 3.63) is 16.0 Å². The molecule has 0 saturated heterocycles. The molecule has 5 heteroatoms. The lowest BCUT2D eigenvalue weighted by Crippen LogP contribution is -2.19. The van der Waals surface area contributed by atoms with Crippen LogP contribution in [0, 0.1) is 5.92 Å². The number of nitrogens with one attached hydrogen (secondary N) is 1. The number of hydrogen-bond donors (Lipinski definition) is 2. The van der Waals surface area contributed by atoms with Gasteiger partial charge in [0.2, 0.25) is 5.91 Å². The Bertz CT molecular complexity index is 551. The minimum atomic E-state index is -0.419. The van der Waals surface area contributed by atoms with E-state index in [1.54, 1.807) is 11.3 Å². The van der Waals surface area contributed by atoms with Gasteiger partial charge in [-0.25, -0.2) is 0 Å². The van der Waals surface area contributed by atoms with Crippen molar-refractivity contribution in [3.8, 4) is 0 Å². The van der Waals surface area contributed by atoms with Crippen molar-refractivity contribution >= 4 is 28.2 Å². The fourth-order valence-corrected chi connectivity index (χ4v) is 4.57. The number of nitrogens with two attached hydrogens (primary N) is 1. The van der Waals surface area contributed by atoms with Gasteiger partial charge in [0.25, 0.3) is 5.91 Å². The Balaban J connectivity index is 2.20. The Morgan fingerprint density at radius 1 is 1.32 bits per heavy atom. The largest absolute Gasteiger partial charge is 0.365 e. The molecule has 1 atom stereocenters. The average molecular weight is 322 g/mol. The molecular formula is C17H26N2O2S. The molecule has 2 amide bonds. The molecule has 0 aromatic carbocycles. The molecule has 122 valence electrons. The Morgan fingerprint density at radius 2 is 2.09 bits per heavy atom. The van der Waals surface area contributed by atoms with Gasteiger partial charge in [-0.05, 0) is 37.2 Å². The van der Waals surface area contributed by atoms with E-state index in [2.05, 4.69) is 19.2 Å². The zero-order valence-corrected chi connectivity index (χ0v) is 14.4. The highest BCUT2D eigenvalue weighted by molar-refractivity contribution is 7.17. The molecule has 1 aliphatic rings. The number of carbonyl (C=O) groups is 2. The molecule has 22 heavy (non-hydrogen) atoms. The third kappa shape index (κ3) is 3.88. The minimum Gasteiger partial charge on any atom is -0.365 e. The van der Waals surface area contributed by atoms with Crippen molar-refractivity contribution in [2.45, 2.75) is 65.2 Å². The standard InChI is InChI=1S/C17H26N2O2S/c1-3-5-7-14(20)19-17-15(16(18)21)12-9-8-11(6-4-2)10-13(12)22-17/h11H,3-10H2,1-2H3,(H2,18,21)(H,19,20). The van der Waals surface area contributed by atoms with Crippen molar-refractivity contribution in [1.82, 2.24) is 0 Å². The van der Waals surface area contributed by atoms with Crippen molar-refractivity contribution in [2.24, 2.45) is 11.7 Å². The predicted molar refractivity (Wildman–Crippen MR) is 91.4 cm³/mol. The quantitative estimate of drug-likeness (QED) is 0.799. The summed E-state index contributed by atoms with van der Waals surface area (Å²) < 4.78 is 0. The lowest BCUT2D eigenvalue weighted by atomic mass is 9.84. The number of hydrogen-bond acceptors (Lipinski definition) is 3. The first-order valence-corrected chi connectivity index (χ1v) is 9.12. The van der Waals surface area contributed by atoms with Crippen molar-refractivity contribution < 1.29 is 9.59 Å². The Kier molecular flexibility index (Phi) is 6.00. The zero-order chi connectivity index (χ0) is 16.1. The summed E-state index contributed by atoms with van der Waals surface area (Å²) in [5.41, 5.74) is 7.20. The Morgan fingerprint density at radius 3 is 2.73 bits per heavy atom. The maximum Gasteiger partial charge on any atom is 0.251 e. The molecule has 1 unspecified atom stereocenters. The molecule has 0 spiro atoms. The number of carbonyl (C=O) groups excluding carboxylic acids is 2. The number of unbranched alkanes of at least 4 members (excludes halogenated alkanes) is 1. The molecule has 0 fully saturated rings. The van der Waals surface area contributed by atoms with E-state index < -0.39 is 5.91 Å². The van der Waals surface area contributed by atoms with E-state index in [0.717, 1.165) is 37.7 Å². The van der Waals surface area contributed by atoms with Gasteiger partial charge in [-0.3, -0.25) is 9.59 Å². The van der Waals surface area contributed by atoms with Crippen LogP contribution in [0.2, 0.25) is 0 Å². The molecule has 1 aliphatic carbocycles. The summed E-state index contributed by atoms with van der Waals surface area (Å²) in [6.45, 7) is 4.26. The maximum absolute atomic E-state index is 12.0. The molecule has 3 N–H and O–H groups in total. The summed E-state index contributed by atoms with van der Waals surface area (Å²) in [7, 11) is 0. The molecule has 1 aromatic heterocycles. The normalized spacial score (nSPS) is 17.1. The van der Waals surface area contributed by atoms with E-state index in [-0.39, 0.29) is 5.91 Å². The van der Waals surface area contributed by atoms with Crippen LogP contribution < -0.4 is 11.1 Å². The first-order chi connectivity index (χ1) is 10.6. The summed E-state index contributed by atoms with van der Waals surface area (Å²) in [6.07, 6.45) is 7.78. The SMILES string of the molecule is CCCCC(=O)Nc1sc2c(c1C(N)=O)CCC(CCC)C2. The molecule has 0 bridgehead atoms. The second-order valence-electron chi connectivity index (χ2n) is 6.12. The van der Waals surface area contributed by atoms with Crippen LogP contribution in [0.1, 0.15) is 73.2 Å². The second kappa shape index (κ2) is 7.77. The summed E-state index contributed by atoms with van der Waals surface area (Å²) in [5.74, 6) is 0.255. The number of fused-ring (bicyclic) bond motifs is 1. The third-order valence-electron chi connectivity index (χ3n) is 4.32. The topological polar surface area (TPSA) is 72.2 Å². The fraction of sp³-hybridized carbons (Fsp3) is 0.647. The van der Waals surface area contributed by atoms with E-state index >= 15 is 0 Å². The number of primary amides is 1. The maximum atomic E-state index is 12.0. The summed E-state index contributed by atoms with van der Waals surface area (Å²) in [4.78, 5) is 25.0. The van der Waals surface area contributed by atoms with Gasteiger partial charge >= 0.3 is 0 Å². The van der Waals surface area contributed by atoms with E-state index in [1.807, 2.05) is 0 Å². The third-order valence-corrected chi connectivity index (χ3v) is 5.49. The molecule has 0 aliphatic heterocycles. The highest BCUT2D eigenvalue weighted by Gasteiger charge is 2.28. The van der Waals surface area contributed by atoms with Crippen LogP contribution in [0.5, 0.6) is 0 Å². The lowest BCUT2D eigenvalue weighted by Gasteiger charge is -2.21. The first kappa shape index (κ1) is 17.0. The molecule has 4 nitrogen and oxygen atoms in total. The van der Waals surface area contributed by atoms with Gasteiger partial charge in [-0.2, -0.15) is 0 Å². The van der Waals surface area contributed by atoms with Gasteiger partial charge in [-0.15, -0.1) is 11.3 Å². The molecule has 1 heterocycles. The highest BCUT2D eigenvalue weighted by Crippen LogP contribution is 2.40. The average Bonchev–Trinajstić information content (AvgIpc) is 2.82. The lowest BCUT2D eigenvalue weighted by molar-refractivity contribution is -0.116. The van der Waals surface area contributed by atoms with Gasteiger partial charge < -0.3 is 11.1 Å². The van der Waals surface area contributed by atoms with Crippen LogP contribution in [0.25, 0.3) is 0 Å². The fourth-order valence-electron chi connectivity index (χ4n) is 3.18. The summed E-state index contributed by atoms with van der Waals surface area (Å²) in [5, 5.41) is 3.57. The number of anilines is 1. The second-order valence-corrected chi connectivity index (χ2v) is 7.23. The molecule has 0 saturated carbocycles. The van der Waals surface area contributed by atoms with Gasteiger partial charge in [-0.1, -0.05) is 33.1 Å². The Hall–Kier alpha value is -1.36. The Labute approximate surface area is 136 Å². The van der Waals surface area contributed by atoms with Gasteiger partial charge in [0.1, 0.15) is 5.00 Å². The van der Waals surface area contributed by atoms with E-state index in [1.165, 1.54) is 17.7 Å². The monoisotopic (exact) mass is 322 g/mol. The van der Waals surface area contributed by atoms with Crippen molar-refractivity contribution in [1.29, 1.82) is 0 Å². The van der Waals surface area contributed by atoms with Crippen LogP contribution in [0.15, 0.2) is 0 Å². The molecule has 1 aromatic rings. The highest BCUT2D eigenvalue weighted by atomic mass is 32.1. The van der Waals surface area contributed by atoms with Gasteiger partial charge in [0.05, 0.1) is 5.56 Å². The summed E-state index contributed by atoms with van der Waals surface area (Å²) >= 11 is 1.55. The smallest absolute Gasteiger partial charge is 0.251 e. The van der Waals surface area contributed by atoms with E-state index in [9.17, 15) is 9.59 Å². The number of thiophene rings is 1. The van der Waals surface area contributed by atoms with Crippen LogP contribution in [-0.4, -0.2) is 11.8 Å². The van der Waals surface area contributed by atoms with Crippen LogP contribution in [0.4, 0.5) is 5.00 Å². The number of rotatable bonds is 7.